The lowest BCUT2D eigenvalue weighted by Crippen LogP contribution is -2.61. The second-order valence-electron chi connectivity index (χ2n) is 13.2. The lowest BCUT2D eigenvalue weighted by molar-refractivity contribution is -0.0207. The summed E-state index contributed by atoms with van der Waals surface area (Å²) in [4.78, 5) is 25.5. The summed E-state index contributed by atoms with van der Waals surface area (Å²) in [5, 5.41) is 7.37. The zero-order chi connectivity index (χ0) is 32.6. The van der Waals surface area contributed by atoms with E-state index in [1.54, 1.807) is 39.0 Å². The van der Waals surface area contributed by atoms with Gasteiger partial charge in [0.05, 0.1) is 33.8 Å². The molecule has 0 radical (unpaired) electrons. The summed E-state index contributed by atoms with van der Waals surface area (Å²) in [6.07, 6.45) is 7.37. The Morgan fingerprint density at radius 2 is 1.78 bits per heavy atom. The van der Waals surface area contributed by atoms with Gasteiger partial charge in [0, 0.05) is 69.6 Å². The van der Waals surface area contributed by atoms with Gasteiger partial charge in [0.2, 0.25) is 5.95 Å². The minimum Gasteiger partial charge on any atom is -0.494 e. The molecule has 6 rings (SSSR count). The Hall–Kier alpha value is -3.31. The quantitative estimate of drug-likeness (QED) is 0.198. The number of benzene rings is 2. The molecule has 2 aromatic carbocycles. The van der Waals surface area contributed by atoms with E-state index in [9.17, 15) is 4.57 Å². The van der Waals surface area contributed by atoms with Crippen LogP contribution in [0, 0.1) is 12.3 Å². The Morgan fingerprint density at radius 1 is 1.04 bits per heavy atom. The molecule has 2 aliphatic rings. The number of rotatable bonds is 10. The van der Waals surface area contributed by atoms with Gasteiger partial charge in [0.1, 0.15) is 24.2 Å². The van der Waals surface area contributed by atoms with Crippen LogP contribution in [0.15, 0.2) is 47.3 Å². The zero-order valence-electron chi connectivity index (χ0n) is 27.5. The number of fused-ring (bicyclic) bond motifs is 1. The van der Waals surface area contributed by atoms with E-state index in [0.717, 1.165) is 37.6 Å². The standard InChI is InChI=1S/C33H43BrN9O2P/c1-22-17-26(28(45-4)18-27(22)43-13-9-33(10-14-43)20-42(21-33)16-15-41(2)3)39-32-37-19-23(34)31(40-32)38-25-8-7-24-29(36-12-11-35-24)30(25)46(5,6)44/h7-8,11-12,17-19H,9-10,13-16,20-21H2,1-6H3,(H2,37,38,39,40). The summed E-state index contributed by atoms with van der Waals surface area (Å²) in [5.41, 5.74) is 5.60. The van der Waals surface area contributed by atoms with Gasteiger partial charge in [-0.25, -0.2) is 4.98 Å². The largest absolute Gasteiger partial charge is 0.494 e. The molecule has 4 aromatic rings. The first-order valence-corrected chi connectivity index (χ1v) is 19.0. The zero-order valence-corrected chi connectivity index (χ0v) is 30.0. The fourth-order valence-electron chi connectivity index (χ4n) is 6.66. The summed E-state index contributed by atoms with van der Waals surface area (Å²) >= 11 is 3.58. The molecule has 0 saturated carbocycles. The van der Waals surface area contributed by atoms with Gasteiger partial charge in [0.15, 0.2) is 0 Å². The lowest BCUT2D eigenvalue weighted by Gasteiger charge is -2.54. The van der Waals surface area contributed by atoms with Crippen molar-refractivity contribution >= 4 is 68.2 Å². The van der Waals surface area contributed by atoms with Gasteiger partial charge in [-0.05, 0) is 92.3 Å². The molecule has 2 saturated heterocycles. The highest BCUT2D eigenvalue weighted by molar-refractivity contribution is 9.10. The fraction of sp³-hybridized carbons (Fsp3) is 0.455. The number of piperidine rings is 1. The van der Waals surface area contributed by atoms with Crippen LogP contribution in [0.3, 0.4) is 0 Å². The molecular formula is C33H43BrN9O2P. The third-order valence-corrected chi connectivity index (χ3v) is 11.2. The van der Waals surface area contributed by atoms with E-state index in [1.165, 1.54) is 37.2 Å². The van der Waals surface area contributed by atoms with Crippen molar-refractivity contribution in [2.24, 2.45) is 5.41 Å². The Morgan fingerprint density at radius 3 is 2.48 bits per heavy atom. The predicted molar refractivity (Wildman–Crippen MR) is 192 cm³/mol. The van der Waals surface area contributed by atoms with Gasteiger partial charge in [0.25, 0.3) is 0 Å². The Labute approximate surface area is 279 Å². The van der Waals surface area contributed by atoms with E-state index in [-0.39, 0.29) is 0 Å². The van der Waals surface area contributed by atoms with Gasteiger partial charge in [-0.2, -0.15) is 4.98 Å². The molecule has 0 atom stereocenters. The summed E-state index contributed by atoms with van der Waals surface area (Å²) < 4.78 is 19.9. The highest BCUT2D eigenvalue weighted by Gasteiger charge is 2.44. The topological polar surface area (TPSA) is 112 Å². The number of anilines is 5. The number of likely N-dealkylation sites (tertiary alicyclic amines) is 1. The Bertz CT molecular complexity index is 1780. The van der Waals surface area contributed by atoms with Crippen molar-refractivity contribution in [1.82, 2.24) is 29.7 Å². The molecule has 11 nitrogen and oxygen atoms in total. The van der Waals surface area contributed by atoms with Crippen molar-refractivity contribution in [3.8, 4) is 5.75 Å². The maximum Gasteiger partial charge on any atom is 0.229 e. The molecule has 1 spiro atoms. The first-order chi connectivity index (χ1) is 21.9. The van der Waals surface area contributed by atoms with Gasteiger partial charge in [-0.3, -0.25) is 9.97 Å². The lowest BCUT2D eigenvalue weighted by atomic mass is 9.72. The number of aromatic nitrogens is 4. The van der Waals surface area contributed by atoms with Crippen LogP contribution in [0.5, 0.6) is 5.75 Å². The van der Waals surface area contributed by atoms with Crippen molar-refractivity contribution in [3.63, 3.8) is 0 Å². The highest BCUT2D eigenvalue weighted by atomic mass is 79.9. The van der Waals surface area contributed by atoms with E-state index in [4.69, 9.17) is 9.72 Å². The smallest absolute Gasteiger partial charge is 0.229 e. The maximum atomic E-state index is 13.4. The van der Waals surface area contributed by atoms with E-state index >= 15 is 0 Å². The second kappa shape index (κ2) is 13.1. The Balaban J connectivity index is 1.18. The second-order valence-corrected chi connectivity index (χ2v) is 17.2. The molecular weight excluding hydrogens is 665 g/mol. The van der Waals surface area contributed by atoms with E-state index < -0.39 is 7.14 Å². The molecule has 46 heavy (non-hydrogen) atoms. The number of halogens is 1. The monoisotopic (exact) mass is 707 g/mol. The molecule has 0 bridgehead atoms. The normalized spacial score (nSPS) is 16.6. The summed E-state index contributed by atoms with van der Waals surface area (Å²) in [7, 11) is 3.24. The average Bonchev–Trinajstić information content (AvgIpc) is 3.00. The number of nitrogens with one attached hydrogen (secondary N) is 2. The van der Waals surface area contributed by atoms with Crippen molar-refractivity contribution in [2.75, 3.05) is 89.3 Å². The van der Waals surface area contributed by atoms with Crippen LogP contribution in [0.2, 0.25) is 0 Å². The molecule has 13 heteroatoms. The van der Waals surface area contributed by atoms with E-state index in [1.807, 2.05) is 12.1 Å². The van der Waals surface area contributed by atoms with Crippen LogP contribution in [0.4, 0.5) is 28.8 Å². The first-order valence-electron chi connectivity index (χ1n) is 15.6. The van der Waals surface area contributed by atoms with Gasteiger partial charge < -0.3 is 34.6 Å². The van der Waals surface area contributed by atoms with Crippen molar-refractivity contribution in [2.45, 2.75) is 19.8 Å². The summed E-state index contributed by atoms with van der Waals surface area (Å²) in [6, 6.07) is 7.96. The number of nitrogens with zero attached hydrogens (tertiary/aromatic N) is 7. The summed E-state index contributed by atoms with van der Waals surface area (Å²) in [6.45, 7) is 12.4. The number of hydrogen-bond donors (Lipinski definition) is 2. The molecule has 0 aliphatic carbocycles. The third kappa shape index (κ3) is 6.86. The predicted octanol–water partition coefficient (Wildman–Crippen LogP) is 5.70. The van der Waals surface area contributed by atoms with Crippen LogP contribution < -0.4 is 25.6 Å². The minimum absolute atomic E-state index is 0.401. The van der Waals surface area contributed by atoms with Crippen LogP contribution in [0.1, 0.15) is 18.4 Å². The molecule has 2 aromatic heterocycles. The van der Waals surface area contributed by atoms with Crippen molar-refractivity contribution in [1.29, 1.82) is 0 Å². The molecule has 0 unspecified atom stereocenters. The number of aryl methyl sites for hydroxylation is 1. The van der Waals surface area contributed by atoms with Gasteiger partial charge >= 0.3 is 0 Å². The van der Waals surface area contributed by atoms with Crippen LogP contribution >= 0.6 is 23.1 Å². The third-order valence-electron chi connectivity index (χ3n) is 9.06. The number of likely N-dealkylation sites (N-methyl/N-ethyl adjacent to an activating group) is 1. The first kappa shape index (κ1) is 32.6. The molecule has 244 valence electrons. The fourth-order valence-corrected chi connectivity index (χ4v) is 8.34. The number of hydrogen-bond acceptors (Lipinski definition) is 11. The minimum atomic E-state index is -2.73. The van der Waals surface area contributed by atoms with E-state index in [2.05, 4.69) is 89.4 Å². The highest BCUT2D eigenvalue weighted by Crippen LogP contribution is 2.44. The number of methoxy groups -OCH3 is 1. The van der Waals surface area contributed by atoms with Gasteiger partial charge in [-0.1, -0.05) is 0 Å². The Kier molecular flexibility index (Phi) is 9.26. The van der Waals surface area contributed by atoms with Crippen LogP contribution in [0.25, 0.3) is 11.0 Å². The molecule has 2 fully saturated rings. The molecule has 2 aliphatic heterocycles. The molecule has 0 amide bonds. The van der Waals surface area contributed by atoms with Crippen LogP contribution in [-0.4, -0.2) is 104 Å². The SMILES string of the molecule is COc1cc(N2CCC3(CC2)CN(CCN(C)C)C3)c(C)cc1Nc1ncc(Br)c(Nc2ccc3nccnc3c2P(C)(C)=O)n1. The van der Waals surface area contributed by atoms with Crippen LogP contribution in [-0.2, 0) is 4.57 Å². The molecule has 4 heterocycles. The van der Waals surface area contributed by atoms with E-state index in [0.29, 0.717) is 43.7 Å². The maximum absolute atomic E-state index is 13.4. The van der Waals surface area contributed by atoms with Crippen molar-refractivity contribution in [3.05, 3.63) is 52.9 Å². The van der Waals surface area contributed by atoms with Crippen molar-refractivity contribution < 1.29 is 9.30 Å². The van der Waals surface area contributed by atoms with Gasteiger partial charge in [-0.15, -0.1) is 0 Å². The molecule has 2 N–H and O–H groups in total. The average molecular weight is 709 g/mol. The number of ether oxygens (including phenoxy) is 1. The summed E-state index contributed by atoms with van der Waals surface area (Å²) in [5.74, 6) is 1.66.